The number of hydrogen-bond donors (Lipinski definition) is 0. The highest BCUT2D eigenvalue weighted by molar-refractivity contribution is 5.91. The second-order valence-electron chi connectivity index (χ2n) is 8.98. The third-order valence-electron chi connectivity index (χ3n) is 6.48. The topological polar surface area (TPSA) is 14.2 Å². The van der Waals surface area contributed by atoms with Crippen LogP contribution in [0.3, 0.4) is 0 Å². The molecule has 0 unspecified atom stereocenters. The third kappa shape index (κ3) is 4.90. The molecule has 2 nitrogen and oxygen atoms in total. The number of methoxy groups -OCH3 is 1. The van der Waals surface area contributed by atoms with Crippen LogP contribution in [0.4, 0.5) is 13.2 Å². The maximum absolute atomic E-state index is 15.1. The molecule has 0 aliphatic heterocycles. The van der Waals surface area contributed by atoms with Crippen molar-refractivity contribution in [3.63, 3.8) is 0 Å². The monoisotopic (exact) mass is 497 g/mol. The maximum Gasteiger partial charge on any atom is 0.419 e. The van der Waals surface area contributed by atoms with E-state index in [0.717, 1.165) is 16.7 Å². The summed E-state index contributed by atoms with van der Waals surface area (Å²) in [5.74, 6) is 0.584. The van der Waals surface area contributed by atoms with E-state index in [4.69, 9.17) is 4.74 Å². The Bertz CT molecular complexity index is 1480. The number of ether oxygens (including phenoxy) is 1. The molecule has 0 aliphatic carbocycles. The second-order valence-corrected chi connectivity index (χ2v) is 8.98. The van der Waals surface area contributed by atoms with Crippen molar-refractivity contribution in [3.05, 3.63) is 126 Å². The van der Waals surface area contributed by atoms with E-state index in [9.17, 15) is 0 Å². The molecule has 0 atom stereocenters. The van der Waals surface area contributed by atoms with Crippen LogP contribution in [0, 0.1) is 6.92 Å². The molecule has 0 N–H and O–H groups in total. The second kappa shape index (κ2) is 10.0. The highest BCUT2D eigenvalue weighted by atomic mass is 19.4. The molecule has 5 aromatic rings. The van der Waals surface area contributed by atoms with Gasteiger partial charge in [0, 0.05) is 12.1 Å². The van der Waals surface area contributed by atoms with Gasteiger partial charge in [0.05, 0.1) is 24.1 Å². The van der Waals surface area contributed by atoms with Crippen molar-refractivity contribution in [2.24, 2.45) is 0 Å². The Morgan fingerprint density at radius 1 is 0.649 bits per heavy atom. The average Bonchev–Trinajstić information content (AvgIpc) is 3.25. The van der Waals surface area contributed by atoms with Crippen LogP contribution < -0.4 is 4.74 Å². The van der Waals surface area contributed by atoms with E-state index in [0.29, 0.717) is 22.6 Å². The normalized spacial score (nSPS) is 11.5. The van der Waals surface area contributed by atoms with Crippen LogP contribution >= 0.6 is 0 Å². The summed E-state index contributed by atoms with van der Waals surface area (Å²) in [6.45, 7) is 2.21. The van der Waals surface area contributed by atoms with Gasteiger partial charge >= 0.3 is 6.18 Å². The van der Waals surface area contributed by atoms with Gasteiger partial charge in [-0.25, -0.2) is 0 Å². The number of hydrogen-bond acceptors (Lipinski definition) is 1. The van der Waals surface area contributed by atoms with Crippen molar-refractivity contribution < 1.29 is 17.9 Å². The zero-order chi connectivity index (χ0) is 26.0. The first-order chi connectivity index (χ1) is 17.9. The molecule has 1 heterocycles. The fourth-order valence-electron chi connectivity index (χ4n) is 4.77. The molecule has 0 aliphatic rings. The number of rotatable bonds is 6. The average molecular weight is 498 g/mol. The lowest BCUT2D eigenvalue weighted by atomic mass is 9.94. The zero-order valence-corrected chi connectivity index (χ0v) is 20.6. The standard InChI is InChI=1S/C32H26F3NO/c1-22-13-15-24(16-14-22)28-29(32(33,34)35)31(26-17-19-27(37-2)20-18-26)36(21-23-9-5-3-6-10-23)30(28)25-11-7-4-8-12-25/h3-20H,21H2,1-2H3. The van der Waals surface area contributed by atoms with E-state index in [2.05, 4.69) is 0 Å². The number of alkyl halides is 3. The van der Waals surface area contributed by atoms with Gasteiger partial charge in [0.1, 0.15) is 5.75 Å². The van der Waals surface area contributed by atoms with Gasteiger partial charge in [0.15, 0.2) is 0 Å². The van der Waals surface area contributed by atoms with Crippen LogP contribution in [-0.4, -0.2) is 11.7 Å². The van der Waals surface area contributed by atoms with Crippen molar-refractivity contribution in [3.8, 4) is 39.4 Å². The van der Waals surface area contributed by atoms with Gasteiger partial charge in [0.25, 0.3) is 0 Å². The van der Waals surface area contributed by atoms with Crippen molar-refractivity contribution in [1.82, 2.24) is 4.57 Å². The summed E-state index contributed by atoms with van der Waals surface area (Å²) in [5, 5.41) is 0. The van der Waals surface area contributed by atoms with Crippen molar-refractivity contribution >= 4 is 0 Å². The smallest absolute Gasteiger partial charge is 0.419 e. The highest BCUT2D eigenvalue weighted by Gasteiger charge is 2.42. The van der Waals surface area contributed by atoms with Crippen LogP contribution in [0.1, 0.15) is 16.7 Å². The van der Waals surface area contributed by atoms with Crippen LogP contribution in [-0.2, 0) is 12.7 Å². The molecule has 0 amide bonds. The number of aromatic nitrogens is 1. The third-order valence-corrected chi connectivity index (χ3v) is 6.48. The molecular formula is C32H26F3NO. The minimum Gasteiger partial charge on any atom is -0.497 e. The molecule has 186 valence electrons. The Hall–Kier alpha value is -4.25. The van der Waals surface area contributed by atoms with E-state index in [1.807, 2.05) is 84.3 Å². The predicted octanol–water partition coefficient (Wildman–Crippen LogP) is 8.87. The predicted molar refractivity (Wildman–Crippen MR) is 143 cm³/mol. The van der Waals surface area contributed by atoms with E-state index >= 15 is 13.2 Å². The molecule has 0 radical (unpaired) electrons. The van der Waals surface area contributed by atoms with Gasteiger partial charge in [-0.2, -0.15) is 13.2 Å². The van der Waals surface area contributed by atoms with E-state index in [-0.39, 0.29) is 17.8 Å². The lowest BCUT2D eigenvalue weighted by molar-refractivity contribution is -0.136. The van der Waals surface area contributed by atoms with Gasteiger partial charge < -0.3 is 9.30 Å². The molecule has 0 bridgehead atoms. The lowest BCUT2D eigenvalue weighted by Crippen LogP contribution is -2.09. The van der Waals surface area contributed by atoms with Gasteiger partial charge in [-0.3, -0.25) is 0 Å². The first-order valence-corrected chi connectivity index (χ1v) is 12.0. The van der Waals surface area contributed by atoms with E-state index < -0.39 is 11.7 Å². The Morgan fingerprint density at radius 3 is 1.76 bits per heavy atom. The number of nitrogens with zero attached hydrogens (tertiary/aromatic N) is 1. The molecule has 5 rings (SSSR count). The maximum atomic E-state index is 15.1. The summed E-state index contributed by atoms with van der Waals surface area (Å²) >= 11 is 0. The number of benzene rings is 4. The molecular weight excluding hydrogens is 471 g/mol. The first-order valence-electron chi connectivity index (χ1n) is 12.0. The molecule has 0 spiro atoms. The highest BCUT2D eigenvalue weighted by Crippen LogP contribution is 2.50. The minimum atomic E-state index is -4.60. The van der Waals surface area contributed by atoms with Crippen molar-refractivity contribution in [2.75, 3.05) is 7.11 Å². The van der Waals surface area contributed by atoms with Crippen LogP contribution in [0.15, 0.2) is 109 Å². The molecule has 37 heavy (non-hydrogen) atoms. The van der Waals surface area contributed by atoms with Crippen LogP contribution in [0.25, 0.3) is 33.6 Å². The van der Waals surface area contributed by atoms with Gasteiger partial charge in [-0.1, -0.05) is 90.5 Å². The lowest BCUT2D eigenvalue weighted by Gasteiger charge is -2.16. The summed E-state index contributed by atoms with van der Waals surface area (Å²) in [6, 6.07) is 32.9. The molecule has 0 saturated heterocycles. The van der Waals surface area contributed by atoms with Crippen molar-refractivity contribution in [1.29, 1.82) is 0 Å². The number of aryl methyl sites for hydroxylation is 1. The summed E-state index contributed by atoms with van der Waals surface area (Å²) in [6.07, 6.45) is -4.60. The van der Waals surface area contributed by atoms with Crippen molar-refractivity contribution in [2.45, 2.75) is 19.6 Å². The zero-order valence-electron chi connectivity index (χ0n) is 20.6. The largest absolute Gasteiger partial charge is 0.497 e. The molecule has 0 fully saturated rings. The Kier molecular flexibility index (Phi) is 6.62. The Morgan fingerprint density at radius 2 is 1.19 bits per heavy atom. The molecule has 5 heteroatoms. The molecule has 0 saturated carbocycles. The number of halogens is 3. The SMILES string of the molecule is COc1ccc(-c2c(C(F)(F)F)c(-c3ccc(C)cc3)c(-c3ccccc3)n2Cc2ccccc2)cc1. The Labute approximate surface area is 214 Å². The summed E-state index contributed by atoms with van der Waals surface area (Å²) < 4.78 is 52.4. The summed E-state index contributed by atoms with van der Waals surface area (Å²) in [7, 11) is 1.54. The van der Waals surface area contributed by atoms with Crippen LogP contribution in [0.5, 0.6) is 5.75 Å². The van der Waals surface area contributed by atoms with E-state index in [1.54, 1.807) is 36.4 Å². The summed E-state index contributed by atoms with van der Waals surface area (Å²) in [5.41, 5.74) is 3.82. The van der Waals surface area contributed by atoms with E-state index in [1.165, 1.54) is 7.11 Å². The molecule has 1 aromatic heterocycles. The van der Waals surface area contributed by atoms with Gasteiger partial charge in [0.2, 0.25) is 0 Å². The van der Waals surface area contributed by atoms with Crippen LogP contribution in [0.2, 0.25) is 0 Å². The summed E-state index contributed by atoms with van der Waals surface area (Å²) in [4.78, 5) is 0. The molecule has 4 aromatic carbocycles. The van der Waals surface area contributed by atoms with Gasteiger partial charge in [-0.15, -0.1) is 0 Å². The van der Waals surface area contributed by atoms with Gasteiger partial charge in [-0.05, 0) is 53.4 Å². The Balaban J connectivity index is 1.93. The fraction of sp³-hybridized carbons (Fsp3) is 0.125. The quantitative estimate of drug-likeness (QED) is 0.228. The fourth-order valence-corrected chi connectivity index (χ4v) is 4.77. The minimum absolute atomic E-state index is 0.133. The first kappa shape index (κ1) is 24.4.